The van der Waals surface area contributed by atoms with E-state index in [9.17, 15) is 0 Å². The van der Waals surface area contributed by atoms with E-state index in [4.69, 9.17) is 4.42 Å². The van der Waals surface area contributed by atoms with Crippen molar-refractivity contribution < 1.29 is 4.42 Å². The SMILES string of the molecule is Brc1ccc(NCc2csc(-c3ccco3)n2)cc1. The van der Waals surface area contributed by atoms with Crippen molar-refractivity contribution in [3.8, 4) is 10.8 Å². The van der Waals surface area contributed by atoms with E-state index in [1.807, 2.05) is 41.8 Å². The molecule has 0 saturated heterocycles. The molecular formula is C14H11BrN2OS. The molecule has 0 bridgehead atoms. The minimum Gasteiger partial charge on any atom is -0.462 e. The second kappa shape index (κ2) is 5.59. The highest BCUT2D eigenvalue weighted by Crippen LogP contribution is 2.24. The normalized spacial score (nSPS) is 10.6. The average Bonchev–Trinajstić information content (AvgIpc) is 3.09. The van der Waals surface area contributed by atoms with Gasteiger partial charge in [0.15, 0.2) is 10.8 Å². The number of hydrogen-bond acceptors (Lipinski definition) is 4. The van der Waals surface area contributed by atoms with E-state index in [0.29, 0.717) is 6.54 Å². The molecule has 0 amide bonds. The molecule has 3 rings (SSSR count). The lowest BCUT2D eigenvalue weighted by Crippen LogP contribution is -1.99. The molecule has 3 nitrogen and oxygen atoms in total. The van der Waals surface area contributed by atoms with Gasteiger partial charge < -0.3 is 9.73 Å². The number of halogens is 1. The molecule has 0 unspecified atom stereocenters. The monoisotopic (exact) mass is 334 g/mol. The van der Waals surface area contributed by atoms with Gasteiger partial charge in [-0.15, -0.1) is 11.3 Å². The first-order chi connectivity index (χ1) is 9.31. The number of rotatable bonds is 4. The van der Waals surface area contributed by atoms with Crippen LogP contribution in [0.4, 0.5) is 5.69 Å². The molecule has 0 fully saturated rings. The largest absolute Gasteiger partial charge is 0.462 e. The molecule has 0 saturated carbocycles. The summed E-state index contributed by atoms with van der Waals surface area (Å²) in [5.41, 5.74) is 2.09. The highest BCUT2D eigenvalue weighted by atomic mass is 79.9. The Bertz CT molecular complexity index is 646. The van der Waals surface area contributed by atoms with Gasteiger partial charge in [0.05, 0.1) is 18.5 Å². The van der Waals surface area contributed by atoms with Crippen LogP contribution in [0.25, 0.3) is 10.8 Å². The molecule has 1 N–H and O–H groups in total. The molecular weight excluding hydrogens is 324 g/mol. The standard InChI is InChI=1S/C14H11BrN2OS/c15-10-3-5-11(6-4-10)16-8-12-9-19-14(17-12)13-2-1-7-18-13/h1-7,9,16H,8H2. The van der Waals surface area contributed by atoms with Crippen LogP contribution in [0.1, 0.15) is 5.69 Å². The van der Waals surface area contributed by atoms with Crippen molar-refractivity contribution in [3.63, 3.8) is 0 Å². The van der Waals surface area contributed by atoms with Crippen molar-refractivity contribution >= 4 is 33.0 Å². The number of nitrogens with one attached hydrogen (secondary N) is 1. The Hall–Kier alpha value is -1.59. The quantitative estimate of drug-likeness (QED) is 0.746. The minimum absolute atomic E-state index is 0.707. The Morgan fingerprint density at radius 1 is 1.21 bits per heavy atom. The first-order valence-corrected chi connectivity index (χ1v) is 7.46. The predicted octanol–water partition coefficient (Wildman–Crippen LogP) is 4.78. The smallest absolute Gasteiger partial charge is 0.162 e. The fraction of sp³-hybridized carbons (Fsp3) is 0.0714. The minimum atomic E-state index is 0.707. The highest BCUT2D eigenvalue weighted by molar-refractivity contribution is 9.10. The van der Waals surface area contributed by atoms with E-state index in [-0.39, 0.29) is 0 Å². The third kappa shape index (κ3) is 3.05. The summed E-state index contributed by atoms with van der Waals surface area (Å²) in [6.07, 6.45) is 1.66. The number of anilines is 1. The van der Waals surface area contributed by atoms with Crippen molar-refractivity contribution in [2.45, 2.75) is 6.54 Å². The maximum atomic E-state index is 5.33. The van der Waals surface area contributed by atoms with Crippen LogP contribution in [0.15, 0.2) is 56.9 Å². The topological polar surface area (TPSA) is 38.1 Å². The van der Waals surface area contributed by atoms with Crippen LogP contribution in [0.2, 0.25) is 0 Å². The van der Waals surface area contributed by atoms with Crippen LogP contribution in [-0.2, 0) is 6.54 Å². The Morgan fingerprint density at radius 2 is 2.05 bits per heavy atom. The molecule has 0 atom stereocenters. The third-order valence-electron chi connectivity index (χ3n) is 2.60. The maximum Gasteiger partial charge on any atom is 0.162 e. The van der Waals surface area contributed by atoms with Gasteiger partial charge in [-0.3, -0.25) is 0 Å². The van der Waals surface area contributed by atoms with Crippen LogP contribution in [0, 0.1) is 0 Å². The summed E-state index contributed by atoms with van der Waals surface area (Å²) < 4.78 is 6.41. The van der Waals surface area contributed by atoms with Crippen LogP contribution in [-0.4, -0.2) is 4.98 Å². The molecule has 19 heavy (non-hydrogen) atoms. The number of hydrogen-bond donors (Lipinski definition) is 1. The Kier molecular flexibility index (Phi) is 3.66. The fourth-order valence-corrected chi connectivity index (χ4v) is 2.71. The lowest BCUT2D eigenvalue weighted by atomic mass is 10.3. The predicted molar refractivity (Wildman–Crippen MR) is 81.3 cm³/mol. The van der Waals surface area contributed by atoms with Gasteiger partial charge in [-0.05, 0) is 36.4 Å². The summed E-state index contributed by atoms with van der Waals surface area (Å²) in [5.74, 6) is 0.819. The molecule has 2 heterocycles. The molecule has 0 radical (unpaired) electrons. The first kappa shape index (κ1) is 12.4. The van der Waals surface area contributed by atoms with Crippen LogP contribution in [0.5, 0.6) is 0 Å². The first-order valence-electron chi connectivity index (χ1n) is 5.79. The summed E-state index contributed by atoms with van der Waals surface area (Å²) in [6.45, 7) is 0.707. The summed E-state index contributed by atoms with van der Waals surface area (Å²) in [6, 6.07) is 11.9. The van der Waals surface area contributed by atoms with Gasteiger partial charge in [0.1, 0.15) is 0 Å². The van der Waals surface area contributed by atoms with E-state index in [2.05, 4.69) is 26.2 Å². The van der Waals surface area contributed by atoms with Gasteiger partial charge in [-0.2, -0.15) is 0 Å². The molecule has 0 aliphatic rings. The molecule has 0 aliphatic carbocycles. The number of furan rings is 1. The maximum absolute atomic E-state index is 5.33. The molecule has 0 spiro atoms. The van der Waals surface area contributed by atoms with Gasteiger partial charge >= 0.3 is 0 Å². The van der Waals surface area contributed by atoms with Crippen LogP contribution < -0.4 is 5.32 Å². The number of nitrogens with zero attached hydrogens (tertiary/aromatic N) is 1. The van der Waals surface area contributed by atoms with Gasteiger partial charge in [-0.1, -0.05) is 15.9 Å². The number of thiazole rings is 1. The molecule has 1 aromatic carbocycles. The number of aromatic nitrogens is 1. The van der Waals surface area contributed by atoms with E-state index in [1.54, 1.807) is 17.6 Å². The molecule has 2 aromatic heterocycles. The fourth-order valence-electron chi connectivity index (χ4n) is 1.66. The zero-order chi connectivity index (χ0) is 13.1. The third-order valence-corrected chi connectivity index (χ3v) is 4.04. The summed E-state index contributed by atoms with van der Waals surface area (Å²) in [7, 11) is 0. The molecule has 96 valence electrons. The Labute approximate surface area is 123 Å². The molecule has 0 aliphatic heterocycles. The van der Waals surface area contributed by atoms with Crippen molar-refractivity contribution in [2.75, 3.05) is 5.32 Å². The lowest BCUT2D eigenvalue weighted by molar-refractivity contribution is 0.581. The van der Waals surface area contributed by atoms with E-state index >= 15 is 0 Å². The van der Waals surface area contributed by atoms with Crippen LogP contribution >= 0.6 is 27.3 Å². The van der Waals surface area contributed by atoms with Crippen molar-refractivity contribution in [1.29, 1.82) is 0 Å². The van der Waals surface area contributed by atoms with Gasteiger partial charge in [-0.25, -0.2) is 4.98 Å². The zero-order valence-corrected chi connectivity index (χ0v) is 12.4. The second-order valence-electron chi connectivity index (χ2n) is 3.98. The summed E-state index contributed by atoms with van der Waals surface area (Å²) in [4.78, 5) is 4.54. The Morgan fingerprint density at radius 3 is 2.79 bits per heavy atom. The number of benzene rings is 1. The van der Waals surface area contributed by atoms with E-state index in [0.717, 1.165) is 26.6 Å². The Balaban J connectivity index is 1.66. The second-order valence-corrected chi connectivity index (χ2v) is 5.76. The zero-order valence-electron chi connectivity index (χ0n) is 9.97. The van der Waals surface area contributed by atoms with E-state index < -0.39 is 0 Å². The van der Waals surface area contributed by atoms with Gasteiger partial charge in [0.2, 0.25) is 0 Å². The average molecular weight is 335 g/mol. The van der Waals surface area contributed by atoms with Gasteiger partial charge in [0, 0.05) is 15.5 Å². The molecule has 3 aromatic rings. The van der Waals surface area contributed by atoms with Crippen molar-refractivity contribution in [2.24, 2.45) is 0 Å². The van der Waals surface area contributed by atoms with Crippen LogP contribution in [0.3, 0.4) is 0 Å². The van der Waals surface area contributed by atoms with Gasteiger partial charge in [0.25, 0.3) is 0 Å². The molecule has 5 heteroatoms. The van der Waals surface area contributed by atoms with Crippen molar-refractivity contribution in [1.82, 2.24) is 4.98 Å². The lowest BCUT2D eigenvalue weighted by Gasteiger charge is -2.03. The summed E-state index contributed by atoms with van der Waals surface area (Å²) in [5, 5.41) is 6.30. The summed E-state index contributed by atoms with van der Waals surface area (Å²) >= 11 is 5.01. The highest BCUT2D eigenvalue weighted by Gasteiger charge is 2.06. The van der Waals surface area contributed by atoms with Crippen molar-refractivity contribution in [3.05, 3.63) is 58.2 Å². The van der Waals surface area contributed by atoms with E-state index in [1.165, 1.54) is 0 Å².